The second-order valence-electron chi connectivity index (χ2n) is 6.35. The van der Waals surface area contributed by atoms with Gasteiger partial charge < -0.3 is 10.4 Å². The summed E-state index contributed by atoms with van der Waals surface area (Å²) in [5.41, 5.74) is 5.40. The Hall–Kier alpha value is -2.63. The molecular formula is C17H20N6. The number of hydrogen-bond acceptors (Lipinski definition) is 4. The van der Waals surface area contributed by atoms with Gasteiger partial charge in [-0.2, -0.15) is 0 Å². The van der Waals surface area contributed by atoms with Crippen LogP contribution in [0.15, 0.2) is 24.7 Å². The van der Waals surface area contributed by atoms with Crippen molar-refractivity contribution in [2.45, 2.75) is 32.1 Å². The summed E-state index contributed by atoms with van der Waals surface area (Å²) in [6.07, 6.45) is 6.77. The van der Waals surface area contributed by atoms with Crippen LogP contribution in [0.1, 0.15) is 36.9 Å². The Morgan fingerprint density at radius 2 is 2.22 bits per heavy atom. The van der Waals surface area contributed by atoms with E-state index in [-0.39, 0.29) is 5.49 Å². The maximum Gasteiger partial charge on any atom is 0.165 e. The summed E-state index contributed by atoms with van der Waals surface area (Å²) in [6, 6.07) is 4.11. The van der Waals surface area contributed by atoms with E-state index in [4.69, 9.17) is 16.2 Å². The molecule has 3 aromatic heterocycles. The minimum absolute atomic E-state index is 0.250. The summed E-state index contributed by atoms with van der Waals surface area (Å²) in [6.45, 7) is 2.22. The van der Waals surface area contributed by atoms with Crippen molar-refractivity contribution in [3.8, 4) is 11.3 Å². The average Bonchev–Trinajstić information content (AvgIpc) is 2.96. The quantitative estimate of drug-likeness (QED) is 0.675. The molecule has 0 saturated heterocycles. The van der Waals surface area contributed by atoms with Gasteiger partial charge in [0.1, 0.15) is 6.33 Å². The molecule has 3 N–H and O–H groups in total. The molecular weight excluding hydrogens is 288 g/mol. The smallest absolute Gasteiger partial charge is 0.165 e. The molecule has 0 saturated carbocycles. The molecule has 0 aromatic carbocycles. The van der Waals surface area contributed by atoms with Gasteiger partial charge in [0.15, 0.2) is 11.1 Å². The highest BCUT2D eigenvalue weighted by atomic mass is 15.3. The Morgan fingerprint density at radius 1 is 1.39 bits per heavy atom. The molecule has 6 nitrogen and oxygen atoms in total. The number of nitrogens with one attached hydrogen (secondary N) is 1. The molecule has 4 rings (SSSR count). The summed E-state index contributed by atoms with van der Waals surface area (Å²) >= 11 is 0. The lowest BCUT2D eigenvalue weighted by atomic mass is 9.84. The molecule has 6 heteroatoms. The van der Waals surface area contributed by atoms with Gasteiger partial charge in [-0.1, -0.05) is 6.92 Å². The first-order valence-corrected chi connectivity index (χ1v) is 7.93. The van der Waals surface area contributed by atoms with Crippen LogP contribution in [0.5, 0.6) is 0 Å². The number of nitrogens with zero attached hydrogens (tertiary/aromatic N) is 4. The van der Waals surface area contributed by atoms with Crippen LogP contribution in [-0.4, -0.2) is 19.2 Å². The molecule has 0 amide bonds. The fraction of sp³-hybridized carbons (Fsp3) is 0.353. The predicted molar refractivity (Wildman–Crippen MR) is 89.3 cm³/mol. The van der Waals surface area contributed by atoms with E-state index in [0.29, 0.717) is 11.6 Å². The maximum absolute atomic E-state index is 8.42. The normalized spacial score (nSPS) is 17.4. The van der Waals surface area contributed by atoms with E-state index in [1.54, 1.807) is 0 Å². The molecule has 0 spiro atoms. The molecule has 23 heavy (non-hydrogen) atoms. The van der Waals surface area contributed by atoms with E-state index in [1.165, 1.54) is 16.6 Å². The highest BCUT2D eigenvalue weighted by molar-refractivity contribution is 5.93. The number of pyridine rings is 1. The summed E-state index contributed by atoms with van der Waals surface area (Å²) in [7, 11) is 2.02. The number of nitrogen functional groups attached to an aromatic ring is 1. The molecule has 3 aromatic rings. The van der Waals surface area contributed by atoms with Crippen LogP contribution in [0.25, 0.3) is 22.3 Å². The van der Waals surface area contributed by atoms with Gasteiger partial charge in [0.05, 0.1) is 5.39 Å². The third-order valence-electron chi connectivity index (χ3n) is 4.84. The molecule has 0 bridgehead atoms. The third kappa shape index (κ3) is 1.98. The van der Waals surface area contributed by atoms with Gasteiger partial charge in [-0.3, -0.25) is 5.41 Å². The number of fused-ring (bicyclic) bond motifs is 2. The van der Waals surface area contributed by atoms with E-state index in [9.17, 15) is 0 Å². The van der Waals surface area contributed by atoms with Crippen molar-refractivity contribution >= 4 is 11.0 Å². The van der Waals surface area contributed by atoms with Crippen LogP contribution >= 0.6 is 0 Å². The number of hydrogen-bond donors (Lipinski definition) is 2. The first-order chi connectivity index (χ1) is 11.1. The zero-order valence-electron chi connectivity index (χ0n) is 13.4. The lowest BCUT2D eigenvalue weighted by Crippen LogP contribution is -2.29. The summed E-state index contributed by atoms with van der Waals surface area (Å²) in [5.74, 6) is 6.30. The van der Waals surface area contributed by atoms with Gasteiger partial charge in [-0.25, -0.2) is 14.6 Å². The minimum Gasteiger partial charge on any atom is -0.351 e. The SMILES string of the molecule is CC1CCCc2c1nc1ncn(N)c(=N)c1c2-c1cccn1C. The molecule has 0 radical (unpaired) electrons. The maximum atomic E-state index is 8.42. The van der Waals surface area contributed by atoms with Gasteiger partial charge in [0, 0.05) is 30.2 Å². The first kappa shape index (κ1) is 14.0. The highest BCUT2D eigenvalue weighted by Crippen LogP contribution is 2.38. The van der Waals surface area contributed by atoms with Gasteiger partial charge in [0.25, 0.3) is 0 Å². The minimum atomic E-state index is 0.250. The zero-order chi connectivity index (χ0) is 16.1. The Bertz CT molecular complexity index is 965. The first-order valence-electron chi connectivity index (χ1n) is 7.93. The van der Waals surface area contributed by atoms with Crippen molar-refractivity contribution in [1.82, 2.24) is 19.2 Å². The molecule has 1 atom stereocenters. The fourth-order valence-electron chi connectivity index (χ4n) is 3.64. The summed E-state index contributed by atoms with van der Waals surface area (Å²) in [5, 5.41) is 9.16. The van der Waals surface area contributed by atoms with Crippen LogP contribution in [0.4, 0.5) is 0 Å². The van der Waals surface area contributed by atoms with Gasteiger partial charge >= 0.3 is 0 Å². The van der Waals surface area contributed by atoms with E-state index in [1.807, 2.05) is 19.3 Å². The van der Waals surface area contributed by atoms with Crippen LogP contribution in [-0.2, 0) is 13.5 Å². The Kier molecular flexibility index (Phi) is 3.01. The second-order valence-corrected chi connectivity index (χ2v) is 6.35. The van der Waals surface area contributed by atoms with Crippen molar-refractivity contribution in [2.24, 2.45) is 7.05 Å². The van der Waals surface area contributed by atoms with E-state index >= 15 is 0 Å². The molecule has 0 aliphatic heterocycles. The largest absolute Gasteiger partial charge is 0.351 e. The van der Waals surface area contributed by atoms with Crippen molar-refractivity contribution in [3.05, 3.63) is 41.4 Å². The third-order valence-corrected chi connectivity index (χ3v) is 4.84. The number of aryl methyl sites for hydroxylation is 1. The van der Waals surface area contributed by atoms with Crippen LogP contribution in [0.2, 0.25) is 0 Å². The number of aromatic nitrogens is 4. The topological polar surface area (TPSA) is 85.5 Å². The molecule has 1 aliphatic rings. The van der Waals surface area contributed by atoms with Gasteiger partial charge in [-0.05, 0) is 42.9 Å². The monoisotopic (exact) mass is 308 g/mol. The van der Waals surface area contributed by atoms with Crippen LogP contribution in [0, 0.1) is 5.41 Å². The zero-order valence-corrected chi connectivity index (χ0v) is 13.4. The van der Waals surface area contributed by atoms with Crippen molar-refractivity contribution in [3.63, 3.8) is 0 Å². The van der Waals surface area contributed by atoms with Crippen LogP contribution in [0.3, 0.4) is 0 Å². The second kappa shape index (κ2) is 4.94. The molecule has 1 unspecified atom stereocenters. The molecule has 3 heterocycles. The van der Waals surface area contributed by atoms with E-state index in [2.05, 4.69) is 22.5 Å². The highest BCUT2D eigenvalue weighted by Gasteiger charge is 2.26. The summed E-state index contributed by atoms with van der Waals surface area (Å²) < 4.78 is 3.34. The van der Waals surface area contributed by atoms with E-state index in [0.717, 1.165) is 41.6 Å². The molecule has 118 valence electrons. The van der Waals surface area contributed by atoms with Crippen molar-refractivity contribution in [2.75, 3.05) is 5.84 Å². The lowest BCUT2D eigenvalue weighted by molar-refractivity contribution is 0.576. The fourth-order valence-corrected chi connectivity index (χ4v) is 3.64. The van der Waals surface area contributed by atoms with Crippen molar-refractivity contribution < 1.29 is 0 Å². The standard InChI is InChI=1S/C17H20N6/c1-10-5-3-6-11-13(12-7-4-8-22(12)2)14-16(18)23(19)9-20-17(14)21-15(10)11/h4,7-10,18H,3,5-6,19H2,1-2H3. The van der Waals surface area contributed by atoms with Gasteiger partial charge in [-0.15, -0.1) is 0 Å². The van der Waals surface area contributed by atoms with Crippen molar-refractivity contribution in [1.29, 1.82) is 5.41 Å². The molecule has 0 fully saturated rings. The Morgan fingerprint density at radius 3 is 2.96 bits per heavy atom. The van der Waals surface area contributed by atoms with Crippen LogP contribution < -0.4 is 11.3 Å². The summed E-state index contributed by atoms with van der Waals surface area (Å²) in [4.78, 5) is 9.17. The predicted octanol–water partition coefficient (Wildman–Crippen LogP) is 2.07. The number of nitrogens with two attached hydrogens (primary N) is 1. The number of rotatable bonds is 1. The van der Waals surface area contributed by atoms with Gasteiger partial charge in [0.2, 0.25) is 0 Å². The average molecular weight is 308 g/mol. The van der Waals surface area contributed by atoms with E-state index < -0.39 is 0 Å². The Labute approximate surface area is 134 Å². The Balaban J connectivity index is 2.22. The molecule has 1 aliphatic carbocycles. The lowest BCUT2D eigenvalue weighted by Gasteiger charge is -2.25.